The van der Waals surface area contributed by atoms with Crippen molar-refractivity contribution in [1.29, 1.82) is 0 Å². The zero-order valence-electron chi connectivity index (χ0n) is 23.5. The first kappa shape index (κ1) is 30.7. The monoisotopic (exact) mass is 529 g/mol. The van der Waals surface area contributed by atoms with Gasteiger partial charge < -0.3 is 40.7 Å². The highest BCUT2D eigenvalue weighted by Crippen LogP contribution is 2.40. The van der Waals surface area contributed by atoms with Crippen LogP contribution in [0, 0.1) is 0 Å². The van der Waals surface area contributed by atoms with Crippen molar-refractivity contribution in [2.24, 2.45) is 0 Å². The summed E-state index contributed by atoms with van der Waals surface area (Å²) in [4.78, 5) is 30.5. The molecule has 38 heavy (non-hydrogen) atoms. The molecule has 0 aromatic heterocycles. The second kappa shape index (κ2) is 15.0. The number of nitrogens with zero attached hydrogens (tertiary/aromatic N) is 2. The summed E-state index contributed by atoms with van der Waals surface area (Å²) in [7, 11) is 2.90. The third-order valence-corrected chi connectivity index (χ3v) is 6.68. The van der Waals surface area contributed by atoms with Gasteiger partial charge in [0, 0.05) is 55.1 Å². The van der Waals surface area contributed by atoms with Gasteiger partial charge in [0.25, 0.3) is 11.8 Å². The van der Waals surface area contributed by atoms with Crippen molar-refractivity contribution in [3.05, 3.63) is 35.4 Å². The van der Waals surface area contributed by atoms with E-state index in [4.69, 9.17) is 15.2 Å². The molecule has 0 atom stereocenters. The van der Waals surface area contributed by atoms with Crippen LogP contribution in [0.25, 0.3) is 11.1 Å². The molecule has 0 radical (unpaired) electrons. The molecule has 2 aromatic carbocycles. The number of carbonyl (C=O) groups excluding carboxylic acids is 2. The third kappa shape index (κ3) is 7.75. The molecule has 0 bridgehead atoms. The van der Waals surface area contributed by atoms with Gasteiger partial charge in [-0.25, -0.2) is 0 Å². The van der Waals surface area contributed by atoms with Crippen LogP contribution >= 0.6 is 0 Å². The Labute approximate surface area is 226 Å². The van der Waals surface area contributed by atoms with Gasteiger partial charge in [-0.05, 0) is 38.3 Å². The molecule has 0 fully saturated rings. The normalized spacial score (nSPS) is 11.1. The van der Waals surface area contributed by atoms with E-state index >= 15 is 0 Å². The number of rotatable bonds is 15. The average Bonchev–Trinajstić information content (AvgIpc) is 2.92. The molecule has 10 nitrogen and oxygen atoms in total. The first-order chi connectivity index (χ1) is 18.2. The lowest BCUT2D eigenvalue weighted by molar-refractivity contribution is 0.0937. The number of hydrogen-bond acceptors (Lipinski definition) is 8. The van der Waals surface area contributed by atoms with Crippen molar-refractivity contribution >= 4 is 17.5 Å². The summed E-state index contributed by atoms with van der Waals surface area (Å²) in [5.74, 6) is -0.248. The molecule has 0 aliphatic rings. The van der Waals surface area contributed by atoms with Gasteiger partial charge in [0.1, 0.15) is 17.2 Å². The van der Waals surface area contributed by atoms with Gasteiger partial charge >= 0.3 is 0 Å². The number of nitrogens with one attached hydrogen (secondary N) is 2. The maximum atomic E-state index is 13.1. The van der Waals surface area contributed by atoms with Crippen LogP contribution in [0.2, 0.25) is 0 Å². The molecule has 5 N–H and O–H groups in total. The molecule has 210 valence electrons. The summed E-state index contributed by atoms with van der Waals surface area (Å²) in [6, 6.07) is 6.02. The van der Waals surface area contributed by atoms with E-state index in [-0.39, 0.29) is 40.1 Å². The number of aromatic hydroxyl groups is 1. The minimum Gasteiger partial charge on any atom is -0.507 e. The van der Waals surface area contributed by atoms with E-state index in [2.05, 4.69) is 48.1 Å². The molecule has 0 saturated carbocycles. The number of anilines is 1. The summed E-state index contributed by atoms with van der Waals surface area (Å²) in [6.07, 6.45) is 0. The van der Waals surface area contributed by atoms with E-state index in [0.717, 1.165) is 32.7 Å². The van der Waals surface area contributed by atoms with Crippen LogP contribution in [0.15, 0.2) is 24.3 Å². The molecule has 2 amide bonds. The van der Waals surface area contributed by atoms with E-state index in [0.29, 0.717) is 36.5 Å². The Bertz CT molecular complexity index is 998. The van der Waals surface area contributed by atoms with Crippen molar-refractivity contribution in [2.75, 3.05) is 72.3 Å². The molecule has 0 aliphatic carbocycles. The lowest BCUT2D eigenvalue weighted by atomic mass is 9.96. The van der Waals surface area contributed by atoms with Gasteiger partial charge in [-0.3, -0.25) is 9.59 Å². The van der Waals surface area contributed by atoms with Crippen molar-refractivity contribution in [3.63, 3.8) is 0 Å². The highest BCUT2D eigenvalue weighted by atomic mass is 16.5. The van der Waals surface area contributed by atoms with Gasteiger partial charge in [-0.15, -0.1) is 0 Å². The highest BCUT2D eigenvalue weighted by molar-refractivity contribution is 6.02. The summed E-state index contributed by atoms with van der Waals surface area (Å²) in [5, 5.41) is 16.7. The summed E-state index contributed by atoms with van der Waals surface area (Å²) < 4.78 is 10.8. The summed E-state index contributed by atoms with van der Waals surface area (Å²) in [6.45, 7) is 14.2. The lowest BCUT2D eigenvalue weighted by Crippen LogP contribution is -2.35. The van der Waals surface area contributed by atoms with Crippen LogP contribution in [0.5, 0.6) is 17.2 Å². The van der Waals surface area contributed by atoms with Crippen molar-refractivity contribution in [3.8, 4) is 28.4 Å². The molecule has 0 saturated heterocycles. The fourth-order valence-electron chi connectivity index (χ4n) is 4.23. The topological polar surface area (TPSA) is 129 Å². The maximum Gasteiger partial charge on any atom is 0.255 e. The molecule has 0 spiro atoms. The van der Waals surface area contributed by atoms with Gasteiger partial charge in [-0.2, -0.15) is 0 Å². The van der Waals surface area contributed by atoms with Crippen molar-refractivity contribution in [2.45, 2.75) is 27.7 Å². The van der Waals surface area contributed by atoms with Gasteiger partial charge in [0.15, 0.2) is 0 Å². The van der Waals surface area contributed by atoms with Crippen molar-refractivity contribution in [1.82, 2.24) is 20.4 Å². The number of benzene rings is 2. The Morgan fingerprint density at radius 3 is 1.61 bits per heavy atom. The number of phenolic OH excluding ortho intramolecular Hbond substituents is 1. The zero-order valence-corrected chi connectivity index (χ0v) is 23.5. The minimum absolute atomic E-state index is 0.133. The fourth-order valence-corrected chi connectivity index (χ4v) is 4.23. The van der Waals surface area contributed by atoms with Crippen LogP contribution < -0.4 is 25.8 Å². The number of nitrogens with two attached hydrogens (primary N) is 1. The Morgan fingerprint density at radius 2 is 1.18 bits per heavy atom. The standard InChI is InChI=1S/C28H43N5O5/c1-7-32(8-2)13-11-30-27(35)21-15-19(23(29)17-25(21)37-5)20-16-22(26(38-6)18-24(20)34)28(36)31-12-14-33(9-3)10-4/h15-18,34H,7-14,29H2,1-6H3,(H,30,35)(H,31,36). The third-order valence-electron chi connectivity index (χ3n) is 6.68. The van der Waals surface area contributed by atoms with Gasteiger partial charge in [0.05, 0.1) is 25.3 Å². The Balaban J connectivity index is 2.40. The molecule has 10 heteroatoms. The van der Waals surface area contributed by atoms with E-state index in [9.17, 15) is 14.7 Å². The highest BCUT2D eigenvalue weighted by Gasteiger charge is 2.22. The number of ether oxygens (including phenoxy) is 2. The Hall–Kier alpha value is -3.50. The predicted octanol–water partition coefficient (Wildman–Crippen LogP) is 2.80. The van der Waals surface area contributed by atoms with Gasteiger partial charge in [0.2, 0.25) is 0 Å². The number of carbonyl (C=O) groups is 2. The molecule has 0 unspecified atom stereocenters. The first-order valence-electron chi connectivity index (χ1n) is 13.1. The maximum absolute atomic E-state index is 13.1. The van der Waals surface area contributed by atoms with E-state index in [1.54, 1.807) is 12.1 Å². The Morgan fingerprint density at radius 1 is 0.763 bits per heavy atom. The number of amides is 2. The van der Waals surface area contributed by atoms with E-state index < -0.39 is 0 Å². The fraction of sp³-hybridized carbons (Fsp3) is 0.500. The van der Waals surface area contributed by atoms with E-state index in [1.165, 1.54) is 26.4 Å². The Kier molecular flexibility index (Phi) is 12.2. The van der Waals surface area contributed by atoms with Crippen molar-refractivity contribution < 1.29 is 24.2 Å². The van der Waals surface area contributed by atoms with Crippen LogP contribution in [0.1, 0.15) is 48.4 Å². The number of phenols is 1. The molecular formula is C28H43N5O5. The molecule has 0 heterocycles. The summed E-state index contributed by atoms with van der Waals surface area (Å²) >= 11 is 0. The summed E-state index contributed by atoms with van der Waals surface area (Å²) in [5.41, 5.74) is 7.83. The molecule has 0 aliphatic heterocycles. The predicted molar refractivity (Wildman–Crippen MR) is 151 cm³/mol. The largest absolute Gasteiger partial charge is 0.507 e. The SMILES string of the molecule is CCN(CC)CCNC(=O)c1cc(-c2cc(C(=O)NCCN(CC)CC)c(OC)cc2O)c(N)cc1OC. The van der Waals surface area contributed by atoms with Crippen LogP contribution in [-0.4, -0.2) is 93.3 Å². The van der Waals surface area contributed by atoms with Crippen LogP contribution in [0.3, 0.4) is 0 Å². The van der Waals surface area contributed by atoms with Crippen LogP contribution in [0.4, 0.5) is 5.69 Å². The van der Waals surface area contributed by atoms with E-state index in [1.807, 2.05) is 0 Å². The van der Waals surface area contributed by atoms with Crippen LogP contribution in [-0.2, 0) is 0 Å². The minimum atomic E-state index is -0.336. The number of likely N-dealkylation sites (N-methyl/N-ethyl adjacent to an activating group) is 2. The number of hydrogen-bond donors (Lipinski definition) is 4. The zero-order chi connectivity index (χ0) is 28.2. The molecular weight excluding hydrogens is 486 g/mol. The first-order valence-corrected chi connectivity index (χ1v) is 13.1. The number of methoxy groups -OCH3 is 2. The van der Waals surface area contributed by atoms with Gasteiger partial charge in [-0.1, -0.05) is 27.7 Å². The second-order valence-corrected chi connectivity index (χ2v) is 8.77. The second-order valence-electron chi connectivity index (χ2n) is 8.77. The molecule has 2 aromatic rings. The quantitative estimate of drug-likeness (QED) is 0.259. The molecule has 2 rings (SSSR count). The average molecular weight is 530 g/mol. The number of nitrogen functional groups attached to an aromatic ring is 1. The lowest BCUT2D eigenvalue weighted by Gasteiger charge is -2.19. The smallest absolute Gasteiger partial charge is 0.255 e.